The summed E-state index contributed by atoms with van der Waals surface area (Å²) in [5.41, 5.74) is 5.64. The highest BCUT2D eigenvalue weighted by atomic mass is 16.5. The Kier molecular flexibility index (Phi) is 6.12. The molecule has 0 aromatic rings. The van der Waals surface area contributed by atoms with Crippen LogP contribution in [0.1, 0.15) is 39.5 Å². The maximum Gasteiger partial charge on any atom is 0.307 e. The SMILES string of the molecule is CC(C)OC(=O)CCNC(=O)[C@@H]1CCC[C@@H]1CN. The van der Waals surface area contributed by atoms with Crippen molar-refractivity contribution in [1.29, 1.82) is 0 Å². The first kappa shape index (κ1) is 15.0. The maximum atomic E-state index is 11.9. The fourth-order valence-corrected chi connectivity index (χ4v) is 2.40. The molecule has 0 unspecified atom stereocenters. The largest absolute Gasteiger partial charge is 0.463 e. The van der Waals surface area contributed by atoms with Crippen LogP contribution in [-0.4, -0.2) is 31.1 Å². The van der Waals surface area contributed by atoms with Gasteiger partial charge in [-0.05, 0) is 39.2 Å². The summed E-state index contributed by atoms with van der Waals surface area (Å²) < 4.78 is 4.99. The minimum atomic E-state index is -0.271. The molecule has 2 atom stereocenters. The highest BCUT2D eigenvalue weighted by molar-refractivity contribution is 5.80. The molecule has 1 aliphatic rings. The van der Waals surface area contributed by atoms with E-state index in [4.69, 9.17) is 10.5 Å². The van der Waals surface area contributed by atoms with Crippen LogP contribution >= 0.6 is 0 Å². The van der Waals surface area contributed by atoms with Crippen LogP contribution in [0.15, 0.2) is 0 Å². The van der Waals surface area contributed by atoms with Crippen LogP contribution in [0.4, 0.5) is 0 Å². The number of rotatable bonds is 6. The predicted molar refractivity (Wildman–Crippen MR) is 68.7 cm³/mol. The molecule has 1 saturated carbocycles. The quantitative estimate of drug-likeness (QED) is 0.689. The van der Waals surface area contributed by atoms with Crippen molar-refractivity contribution in [1.82, 2.24) is 5.32 Å². The van der Waals surface area contributed by atoms with E-state index < -0.39 is 0 Å². The third-order valence-corrected chi connectivity index (χ3v) is 3.29. The van der Waals surface area contributed by atoms with E-state index in [1.165, 1.54) is 0 Å². The third kappa shape index (κ3) is 4.64. The lowest BCUT2D eigenvalue weighted by molar-refractivity contribution is -0.147. The van der Waals surface area contributed by atoms with Crippen LogP contribution < -0.4 is 11.1 Å². The molecule has 0 radical (unpaired) electrons. The Morgan fingerprint density at radius 3 is 2.72 bits per heavy atom. The summed E-state index contributed by atoms with van der Waals surface area (Å²) in [4.78, 5) is 23.2. The van der Waals surface area contributed by atoms with Crippen molar-refractivity contribution < 1.29 is 14.3 Å². The normalized spacial score (nSPS) is 23.1. The summed E-state index contributed by atoms with van der Waals surface area (Å²) in [5, 5.41) is 2.80. The van der Waals surface area contributed by atoms with E-state index in [2.05, 4.69) is 5.32 Å². The second-order valence-electron chi connectivity index (χ2n) is 5.11. The third-order valence-electron chi connectivity index (χ3n) is 3.29. The van der Waals surface area contributed by atoms with Crippen LogP contribution in [0, 0.1) is 11.8 Å². The molecule has 0 aromatic heterocycles. The maximum absolute atomic E-state index is 11.9. The van der Waals surface area contributed by atoms with Crippen molar-refractivity contribution in [3.63, 3.8) is 0 Å². The lowest BCUT2D eigenvalue weighted by Crippen LogP contribution is -2.36. The van der Waals surface area contributed by atoms with Crippen LogP contribution in [0.25, 0.3) is 0 Å². The van der Waals surface area contributed by atoms with Gasteiger partial charge >= 0.3 is 5.97 Å². The molecule has 0 aliphatic heterocycles. The molecular formula is C13H24N2O3. The molecule has 18 heavy (non-hydrogen) atoms. The number of nitrogens with one attached hydrogen (secondary N) is 1. The highest BCUT2D eigenvalue weighted by Crippen LogP contribution is 2.30. The predicted octanol–water partition coefficient (Wildman–Crippen LogP) is 0.819. The highest BCUT2D eigenvalue weighted by Gasteiger charge is 2.31. The van der Waals surface area contributed by atoms with Gasteiger partial charge in [-0.2, -0.15) is 0 Å². The second kappa shape index (κ2) is 7.36. The van der Waals surface area contributed by atoms with Crippen molar-refractivity contribution in [2.75, 3.05) is 13.1 Å². The van der Waals surface area contributed by atoms with Crippen LogP contribution in [0.3, 0.4) is 0 Å². The number of esters is 1. The lowest BCUT2D eigenvalue weighted by Gasteiger charge is -2.17. The summed E-state index contributed by atoms with van der Waals surface area (Å²) in [6.45, 7) is 4.52. The van der Waals surface area contributed by atoms with E-state index in [-0.39, 0.29) is 30.3 Å². The molecule has 0 heterocycles. The number of hydrogen-bond acceptors (Lipinski definition) is 4. The number of carbonyl (C=O) groups excluding carboxylic acids is 2. The zero-order valence-electron chi connectivity index (χ0n) is 11.3. The van der Waals surface area contributed by atoms with Crippen molar-refractivity contribution in [3.05, 3.63) is 0 Å². The first-order valence-corrected chi connectivity index (χ1v) is 6.71. The van der Waals surface area contributed by atoms with Crippen molar-refractivity contribution in [2.45, 2.75) is 45.6 Å². The summed E-state index contributed by atoms with van der Waals surface area (Å²) in [6.07, 6.45) is 3.12. The van der Waals surface area contributed by atoms with Crippen LogP contribution in [0.5, 0.6) is 0 Å². The first-order chi connectivity index (χ1) is 8.54. The Morgan fingerprint density at radius 2 is 2.11 bits per heavy atom. The second-order valence-corrected chi connectivity index (χ2v) is 5.11. The van der Waals surface area contributed by atoms with Gasteiger partial charge in [0.05, 0.1) is 12.5 Å². The molecule has 1 fully saturated rings. The molecular weight excluding hydrogens is 232 g/mol. The van der Waals surface area contributed by atoms with E-state index in [1.54, 1.807) is 13.8 Å². The van der Waals surface area contributed by atoms with E-state index in [9.17, 15) is 9.59 Å². The van der Waals surface area contributed by atoms with E-state index in [1.807, 2.05) is 0 Å². The Labute approximate surface area is 108 Å². The molecule has 1 aliphatic carbocycles. The summed E-state index contributed by atoms with van der Waals surface area (Å²) >= 11 is 0. The number of nitrogens with two attached hydrogens (primary N) is 1. The topological polar surface area (TPSA) is 81.4 Å². The molecule has 0 aromatic carbocycles. The zero-order chi connectivity index (χ0) is 13.5. The first-order valence-electron chi connectivity index (χ1n) is 6.71. The van der Waals surface area contributed by atoms with Gasteiger partial charge in [-0.1, -0.05) is 6.42 Å². The Morgan fingerprint density at radius 1 is 1.39 bits per heavy atom. The Balaban J connectivity index is 2.23. The molecule has 1 rings (SSSR count). The van der Waals surface area contributed by atoms with Gasteiger partial charge in [0, 0.05) is 12.5 Å². The van der Waals surface area contributed by atoms with E-state index in [0.29, 0.717) is 19.0 Å². The van der Waals surface area contributed by atoms with Gasteiger partial charge in [-0.3, -0.25) is 9.59 Å². The van der Waals surface area contributed by atoms with Gasteiger partial charge in [0.2, 0.25) is 5.91 Å². The fraction of sp³-hybridized carbons (Fsp3) is 0.846. The average Bonchev–Trinajstić information content (AvgIpc) is 2.75. The van der Waals surface area contributed by atoms with Gasteiger partial charge in [0.15, 0.2) is 0 Å². The van der Waals surface area contributed by atoms with Crippen molar-refractivity contribution in [3.8, 4) is 0 Å². The molecule has 0 bridgehead atoms. The van der Waals surface area contributed by atoms with Gasteiger partial charge in [-0.15, -0.1) is 0 Å². The van der Waals surface area contributed by atoms with Gasteiger partial charge in [0.25, 0.3) is 0 Å². The number of amides is 1. The average molecular weight is 256 g/mol. The molecule has 0 saturated heterocycles. The van der Waals surface area contributed by atoms with E-state index >= 15 is 0 Å². The minimum Gasteiger partial charge on any atom is -0.463 e. The molecule has 3 N–H and O–H groups in total. The summed E-state index contributed by atoms with van der Waals surface area (Å²) in [5.74, 6) is 0.0797. The van der Waals surface area contributed by atoms with Crippen LogP contribution in [0.2, 0.25) is 0 Å². The summed E-state index contributed by atoms with van der Waals surface area (Å²) in [6, 6.07) is 0. The number of carbonyl (C=O) groups is 2. The molecule has 1 amide bonds. The minimum absolute atomic E-state index is 0.0242. The standard InChI is InChI=1S/C13H24N2O3/c1-9(2)18-12(16)6-7-15-13(17)11-5-3-4-10(11)8-14/h9-11H,3-8,14H2,1-2H3,(H,15,17)/t10-,11-/m1/s1. The molecule has 0 spiro atoms. The molecule has 5 heteroatoms. The molecule has 5 nitrogen and oxygen atoms in total. The van der Waals surface area contributed by atoms with Gasteiger partial charge in [-0.25, -0.2) is 0 Å². The summed E-state index contributed by atoms with van der Waals surface area (Å²) in [7, 11) is 0. The van der Waals surface area contributed by atoms with E-state index in [0.717, 1.165) is 19.3 Å². The number of hydrogen-bond donors (Lipinski definition) is 2. The number of ether oxygens (including phenoxy) is 1. The van der Waals surface area contributed by atoms with Gasteiger partial charge < -0.3 is 15.8 Å². The molecule has 104 valence electrons. The monoisotopic (exact) mass is 256 g/mol. The van der Waals surface area contributed by atoms with Crippen molar-refractivity contribution in [2.24, 2.45) is 17.6 Å². The Hall–Kier alpha value is -1.10. The lowest BCUT2D eigenvalue weighted by atomic mass is 9.95. The van der Waals surface area contributed by atoms with Crippen LogP contribution in [-0.2, 0) is 14.3 Å². The van der Waals surface area contributed by atoms with Crippen molar-refractivity contribution >= 4 is 11.9 Å². The van der Waals surface area contributed by atoms with Gasteiger partial charge in [0.1, 0.15) is 0 Å². The fourth-order valence-electron chi connectivity index (χ4n) is 2.40. The smallest absolute Gasteiger partial charge is 0.307 e. The zero-order valence-corrected chi connectivity index (χ0v) is 11.3. The Bertz CT molecular complexity index is 292.